The lowest BCUT2D eigenvalue weighted by atomic mass is 9.92. The van der Waals surface area contributed by atoms with E-state index in [0.717, 1.165) is 30.9 Å². The van der Waals surface area contributed by atoms with Crippen molar-refractivity contribution in [2.24, 2.45) is 5.92 Å². The first kappa shape index (κ1) is 13.8. The van der Waals surface area contributed by atoms with Crippen LogP contribution in [0.4, 0.5) is 5.82 Å². The van der Waals surface area contributed by atoms with Crippen LogP contribution in [0.25, 0.3) is 0 Å². The number of piperidine rings is 1. The molecular weight excluding hydrogens is 242 g/mol. The molecule has 1 N–H and O–H groups in total. The molecule has 5 nitrogen and oxygen atoms in total. The Morgan fingerprint density at radius 1 is 1.37 bits per heavy atom. The van der Waals surface area contributed by atoms with Gasteiger partial charge in [-0.2, -0.15) is 5.10 Å². The quantitative estimate of drug-likeness (QED) is 0.884. The van der Waals surface area contributed by atoms with E-state index in [1.54, 1.807) is 0 Å². The van der Waals surface area contributed by atoms with Gasteiger partial charge in [-0.1, -0.05) is 20.8 Å². The maximum absolute atomic E-state index is 11.1. The Morgan fingerprint density at radius 3 is 2.63 bits per heavy atom. The molecule has 0 spiro atoms. The second kappa shape index (κ2) is 5.15. The van der Waals surface area contributed by atoms with E-state index < -0.39 is 5.97 Å². The third-order valence-corrected chi connectivity index (χ3v) is 3.51. The van der Waals surface area contributed by atoms with Gasteiger partial charge in [0, 0.05) is 18.5 Å². The molecule has 1 aromatic rings. The van der Waals surface area contributed by atoms with Crippen molar-refractivity contribution in [1.82, 2.24) is 10.2 Å². The van der Waals surface area contributed by atoms with Gasteiger partial charge in [-0.05, 0) is 25.0 Å². The van der Waals surface area contributed by atoms with Crippen molar-refractivity contribution in [2.45, 2.75) is 39.0 Å². The second-order valence-electron chi connectivity index (χ2n) is 6.15. The molecule has 1 fully saturated rings. The Bertz CT molecular complexity index is 451. The number of carboxylic acid groups (broad SMARTS) is 1. The molecule has 1 aliphatic rings. The van der Waals surface area contributed by atoms with E-state index in [2.05, 4.69) is 31.0 Å². The molecule has 0 saturated carbocycles. The van der Waals surface area contributed by atoms with E-state index in [-0.39, 0.29) is 11.3 Å². The van der Waals surface area contributed by atoms with Crippen molar-refractivity contribution in [2.75, 3.05) is 18.0 Å². The van der Waals surface area contributed by atoms with Crippen LogP contribution in [0.15, 0.2) is 12.1 Å². The van der Waals surface area contributed by atoms with E-state index in [1.165, 1.54) is 0 Å². The van der Waals surface area contributed by atoms with E-state index >= 15 is 0 Å². The summed E-state index contributed by atoms with van der Waals surface area (Å²) in [6.07, 6.45) is 1.64. The number of carboxylic acids is 1. The summed E-state index contributed by atoms with van der Waals surface area (Å²) in [6.45, 7) is 7.67. The predicted molar refractivity (Wildman–Crippen MR) is 73.3 cm³/mol. The SMILES string of the molecule is CC(C)(C)c1ccc(N2CCCC(C(=O)O)C2)nn1. The highest BCUT2D eigenvalue weighted by Gasteiger charge is 2.26. The summed E-state index contributed by atoms with van der Waals surface area (Å²) >= 11 is 0. The Morgan fingerprint density at radius 2 is 2.11 bits per heavy atom. The Kier molecular flexibility index (Phi) is 3.73. The minimum Gasteiger partial charge on any atom is -0.481 e. The lowest BCUT2D eigenvalue weighted by Crippen LogP contribution is -2.39. The van der Waals surface area contributed by atoms with Crippen LogP contribution in [0, 0.1) is 5.92 Å². The highest BCUT2D eigenvalue weighted by atomic mass is 16.4. The summed E-state index contributed by atoms with van der Waals surface area (Å²) in [6, 6.07) is 3.92. The lowest BCUT2D eigenvalue weighted by molar-refractivity contribution is -0.141. The maximum Gasteiger partial charge on any atom is 0.308 e. The third-order valence-electron chi connectivity index (χ3n) is 3.51. The molecule has 2 heterocycles. The minimum absolute atomic E-state index is 0.0168. The average Bonchev–Trinajstić information content (AvgIpc) is 2.38. The van der Waals surface area contributed by atoms with Gasteiger partial charge in [-0.3, -0.25) is 4.79 Å². The molecule has 1 unspecified atom stereocenters. The number of carbonyl (C=O) groups is 1. The van der Waals surface area contributed by atoms with Crippen LogP contribution < -0.4 is 4.90 Å². The van der Waals surface area contributed by atoms with Crippen LogP contribution in [0.3, 0.4) is 0 Å². The molecular formula is C14H21N3O2. The Hall–Kier alpha value is -1.65. The zero-order valence-corrected chi connectivity index (χ0v) is 11.8. The first-order valence-electron chi connectivity index (χ1n) is 6.70. The summed E-state index contributed by atoms with van der Waals surface area (Å²) in [7, 11) is 0. The number of hydrogen-bond acceptors (Lipinski definition) is 4. The van der Waals surface area contributed by atoms with Crippen LogP contribution in [0.1, 0.15) is 39.3 Å². The monoisotopic (exact) mass is 263 g/mol. The zero-order chi connectivity index (χ0) is 14.0. The van der Waals surface area contributed by atoms with E-state index in [9.17, 15) is 4.79 Å². The lowest BCUT2D eigenvalue weighted by Gasteiger charge is -2.31. The van der Waals surface area contributed by atoms with E-state index in [4.69, 9.17) is 5.11 Å². The van der Waals surface area contributed by atoms with Crippen molar-refractivity contribution < 1.29 is 9.90 Å². The van der Waals surface area contributed by atoms with Crippen molar-refractivity contribution in [3.05, 3.63) is 17.8 Å². The molecule has 0 radical (unpaired) electrons. The molecule has 0 bridgehead atoms. The number of aromatic nitrogens is 2. The number of rotatable bonds is 2. The summed E-state index contributed by atoms with van der Waals surface area (Å²) in [4.78, 5) is 13.1. The smallest absolute Gasteiger partial charge is 0.308 e. The fraction of sp³-hybridized carbons (Fsp3) is 0.643. The summed E-state index contributed by atoms with van der Waals surface area (Å²) in [5, 5.41) is 17.6. The number of nitrogens with zero attached hydrogens (tertiary/aromatic N) is 3. The molecule has 0 aromatic carbocycles. The minimum atomic E-state index is -0.719. The van der Waals surface area contributed by atoms with Crippen LogP contribution in [-0.2, 0) is 10.2 Å². The van der Waals surface area contributed by atoms with Gasteiger partial charge < -0.3 is 10.0 Å². The van der Waals surface area contributed by atoms with Gasteiger partial charge in [0.2, 0.25) is 0 Å². The average molecular weight is 263 g/mol. The van der Waals surface area contributed by atoms with Crippen LogP contribution in [-0.4, -0.2) is 34.4 Å². The summed E-state index contributed by atoms with van der Waals surface area (Å²) in [5.41, 5.74) is 0.930. The van der Waals surface area contributed by atoms with E-state index in [0.29, 0.717) is 6.54 Å². The van der Waals surface area contributed by atoms with Gasteiger partial charge in [0.15, 0.2) is 5.82 Å². The zero-order valence-electron chi connectivity index (χ0n) is 11.8. The first-order chi connectivity index (χ1) is 8.88. The van der Waals surface area contributed by atoms with Crippen LogP contribution in [0.2, 0.25) is 0 Å². The van der Waals surface area contributed by atoms with Gasteiger partial charge in [0.1, 0.15) is 0 Å². The number of aliphatic carboxylic acids is 1. The van der Waals surface area contributed by atoms with E-state index in [1.807, 2.05) is 17.0 Å². The van der Waals surface area contributed by atoms with Gasteiger partial charge in [-0.25, -0.2) is 0 Å². The number of hydrogen-bond donors (Lipinski definition) is 1. The summed E-state index contributed by atoms with van der Waals surface area (Å²) < 4.78 is 0. The topological polar surface area (TPSA) is 66.3 Å². The molecule has 0 aliphatic carbocycles. The molecule has 0 amide bonds. The molecule has 1 atom stereocenters. The highest BCUT2D eigenvalue weighted by Crippen LogP contribution is 2.24. The largest absolute Gasteiger partial charge is 0.481 e. The van der Waals surface area contributed by atoms with Crippen molar-refractivity contribution >= 4 is 11.8 Å². The van der Waals surface area contributed by atoms with Gasteiger partial charge in [-0.15, -0.1) is 5.10 Å². The van der Waals surface area contributed by atoms with Crippen LogP contribution in [0.5, 0.6) is 0 Å². The molecule has 5 heteroatoms. The normalized spacial score (nSPS) is 20.4. The van der Waals surface area contributed by atoms with Crippen molar-refractivity contribution in [1.29, 1.82) is 0 Å². The standard InChI is InChI=1S/C14H21N3O2/c1-14(2,3)11-6-7-12(16-15-11)17-8-4-5-10(9-17)13(18)19/h6-7,10H,4-5,8-9H2,1-3H3,(H,18,19). The van der Waals surface area contributed by atoms with Gasteiger partial charge in [0.25, 0.3) is 0 Å². The summed E-state index contributed by atoms with van der Waals surface area (Å²) in [5.74, 6) is -0.235. The molecule has 1 aromatic heterocycles. The molecule has 2 rings (SSSR count). The Labute approximate surface area is 113 Å². The predicted octanol–water partition coefficient (Wildman–Crippen LogP) is 2.08. The van der Waals surface area contributed by atoms with Crippen LogP contribution >= 0.6 is 0 Å². The molecule has 104 valence electrons. The first-order valence-corrected chi connectivity index (χ1v) is 6.70. The van der Waals surface area contributed by atoms with Gasteiger partial charge in [0.05, 0.1) is 11.6 Å². The maximum atomic E-state index is 11.1. The third kappa shape index (κ3) is 3.22. The molecule has 19 heavy (non-hydrogen) atoms. The van der Waals surface area contributed by atoms with Crippen molar-refractivity contribution in [3.63, 3.8) is 0 Å². The second-order valence-corrected chi connectivity index (χ2v) is 6.15. The highest BCUT2D eigenvalue weighted by molar-refractivity contribution is 5.71. The van der Waals surface area contributed by atoms with Gasteiger partial charge >= 0.3 is 5.97 Å². The fourth-order valence-electron chi connectivity index (χ4n) is 2.28. The number of anilines is 1. The fourth-order valence-corrected chi connectivity index (χ4v) is 2.28. The molecule has 1 aliphatic heterocycles. The van der Waals surface area contributed by atoms with Crippen molar-refractivity contribution in [3.8, 4) is 0 Å². The Balaban J connectivity index is 2.12. The molecule has 1 saturated heterocycles.